The SMILES string of the molecule is COc1cc(C)c(CC2(C#N)CC2)cc1C(C)C. The number of ether oxygens (including phenoxy) is 1. The Labute approximate surface area is 110 Å². The van der Waals surface area contributed by atoms with Crippen LogP contribution in [0.4, 0.5) is 0 Å². The molecule has 1 fully saturated rings. The minimum absolute atomic E-state index is 0.0758. The van der Waals surface area contributed by atoms with Crippen molar-refractivity contribution in [2.75, 3.05) is 7.11 Å². The molecule has 0 unspecified atom stereocenters. The molecule has 2 nitrogen and oxygen atoms in total. The summed E-state index contributed by atoms with van der Waals surface area (Å²) in [6.45, 7) is 6.46. The highest BCUT2D eigenvalue weighted by atomic mass is 16.5. The molecular weight excluding hydrogens is 222 g/mol. The summed E-state index contributed by atoms with van der Waals surface area (Å²) in [5.41, 5.74) is 3.70. The summed E-state index contributed by atoms with van der Waals surface area (Å²) in [7, 11) is 1.72. The van der Waals surface area contributed by atoms with Gasteiger partial charge in [0.05, 0.1) is 18.6 Å². The zero-order chi connectivity index (χ0) is 13.3. The van der Waals surface area contributed by atoms with Gasteiger partial charge in [-0.05, 0) is 54.9 Å². The Morgan fingerprint density at radius 1 is 1.39 bits per heavy atom. The highest BCUT2D eigenvalue weighted by Crippen LogP contribution is 2.48. The molecule has 0 atom stereocenters. The van der Waals surface area contributed by atoms with Gasteiger partial charge in [0.25, 0.3) is 0 Å². The Kier molecular flexibility index (Phi) is 3.34. The molecule has 0 N–H and O–H groups in total. The van der Waals surface area contributed by atoms with Crippen LogP contribution in [0, 0.1) is 23.7 Å². The molecule has 0 spiro atoms. The topological polar surface area (TPSA) is 33.0 Å². The van der Waals surface area contributed by atoms with Crippen molar-refractivity contribution in [3.63, 3.8) is 0 Å². The highest BCUT2D eigenvalue weighted by Gasteiger charge is 2.43. The van der Waals surface area contributed by atoms with Gasteiger partial charge in [-0.25, -0.2) is 0 Å². The third-order valence-corrected chi connectivity index (χ3v) is 3.93. The summed E-state index contributed by atoms with van der Waals surface area (Å²) in [6, 6.07) is 6.82. The van der Waals surface area contributed by atoms with Crippen LogP contribution < -0.4 is 4.74 Å². The van der Waals surface area contributed by atoms with Crippen molar-refractivity contribution in [2.45, 2.75) is 46.0 Å². The first-order chi connectivity index (χ1) is 8.51. The van der Waals surface area contributed by atoms with Gasteiger partial charge in [0, 0.05) is 0 Å². The molecule has 96 valence electrons. The van der Waals surface area contributed by atoms with Gasteiger partial charge in [0.1, 0.15) is 5.75 Å². The van der Waals surface area contributed by atoms with Crippen molar-refractivity contribution in [2.24, 2.45) is 5.41 Å². The molecule has 2 rings (SSSR count). The number of hydrogen-bond acceptors (Lipinski definition) is 2. The molecule has 1 aliphatic carbocycles. The van der Waals surface area contributed by atoms with Gasteiger partial charge in [-0.2, -0.15) is 5.26 Å². The summed E-state index contributed by atoms with van der Waals surface area (Å²) >= 11 is 0. The summed E-state index contributed by atoms with van der Waals surface area (Å²) in [4.78, 5) is 0. The molecule has 0 heterocycles. The Balaban J connectivity index is 2.36. The molecule has 0 radical (unpaired) electrons. The fourth-order valence-corrected chi connectivity index (χ4v) is 2.41. The van der Waals surface area contributed by atoms with Gasteiger partial charge in [0.2, 0.25) is 0 Å². The lowest BCUT2D eigenvalue weighted by Gasteiger charge is -2.17. The first-order valence-corrected chi connectivity index (χ1v) is 6.60. The van der Waals surface area contributed by atoms with Crippen molar-refractivity contribution < 1.29 is 4.74 Å². The van der Waals surface area contributed by atoms with E-state index in [-0.39, 0.29) is 5.41 Å². The molecule has 0 saturated heterocycles. The van der Waals surface area contributed by atoms with Gasteiger partial charge in [-0.1, -0.05) is 19.9 Å². The number of nitriles is 1. The van der Waals surface area contributed by atoms with Crippen LogP contribution in [0.3, 0.4) is 0 Å². The molecule has 18 heavy (non-hydrogen) atoms. The number of methoxy groups -OCH3 is 1. The smallest absolute Gasteiger partial charge is 0.122 e. The fraction of sp³-hybridized carbons (Fsp3) is 0.562. The van der Waals surface area contributed by atoms with Gasteiger partial charge >= 0.3 is 0 Å². The summed E-state index contributed by atoms with van der Waals surface area (Å²) < 4.78 is 5.45. The van der Waals surface area contributed by atoms with E-state index in [9.17, 15) is 5.26 Å². The van der Waals surface area contributed by atoms with Crippen LogP contribution in [0.15, 0.2) is 12.1 Å². The lowest BCUT2D eigenvalue weighted by atomic mass is 9.90. The monoisotopic (exact) mass is 243 g/mol. The van der Waals surface area contributed by atoms with Crippen LogP contribution in [-0.4, -0.2) is 7.11 Å². The standard InChI is InChI=1S/C16H21NO/c1-11(2)14-8-13(9-16(10-17)5-6-16)12(3)7-15(14)18-4/h7-8,11H,5-6,9H2,1-4H3. The maximum atomic E-state index is 9.21. The van der Waals surface area contributed by atoms with Gasteiger partial charge < -0.3 is 4.74 Å². The third kappa shape index (κ3) is 2.36. The summed E-state index contributed by atoms with van der Waals surface area (Å²) in [5, 5.41) is 9.21. The van der Waals surface area contributed by atoms with E-state index >= 15 is 0 Å². The molecule has 0 amide bonds. The minimum atomic E-state index is -0.0758. The quantitative estimate of drug-likeness (QED) is 0.801. The maximum Gasteiger partial charge on any atom is 0.122 e. The number of nitrogens with zero attached hydrogens (tertiary/aromatic N) is 1. The molecule has 0 aromatic heterocycles. The second kappa shape index (κ2) is 4.65. The zero-order valence-electron chi connectivity index (χ0n) is 11.7. The van der Waals surface area contributed by atoms with Crippen LogP contribution in [0.1, 0.15) is 49.3 Å². The molecule has 0 bridgehead atoms. The van der Waals surface area contributed by atoms with Crippen LogP contribution in [0.5, 0.6) is 5.75 Å². The van der Waals surface area contributed by atoms with Crippen LogP contribution in [-0.2, 0) is 6.42 Å². The Bertz CT molecular complexity index is 493. The van der Waals surface area contributed by atoms with Crippen molar-refractivity contribution in [1.82, 2.24) is 0 Å². The Hall–Kier alpha value is -1.49. The van der Waals surface area contributed by atoms with Crippen molar-refractivity contribution >= 4 is 0 Å². The predicted octanol–water partition coefficient (Wildman–Crippen LogP) is 3.97. The van der Waals surface area contributed by atoms with E-state index in [1.165, 1.54) is 16.7 Å². The number of benzene rings is 1. The first kappa shape index (κ1) is 13.0. The van der Waals surface area contributed by atoms with E-state index in [1.54, 1.807) is 7.11 Å². The minimum Gasteiger partial charge on any atom is -0.496 e. The molecule has 1 aromatic carbocycles. The summed E-state index contributed by atoms with van der Waals surface area (Å²) in [5.74, 6) is 1.41. The maximum absolute atomic E-state index is 9.21. The lowest BCUT2D eigenvalue weighted by molar-refractivity contribution is 0.407. The average molecular weight is 243 g/mol. The Morgan fingerprint density at radius 2 is 2.06 bits per heavy atom. The highest BCUT2D eigenvalue weighted by molar-refractivity contribution is 5.45. The zero-order valence-corrected chi connectivity index (χ0v) is 11.7. The number of rotatable bonds is 4. The normalized spacial score (nSPS) is 16.4. The molecule has 1 aliphatic rings. The van der Waals surface area contributed by atoms with Crippen LogP contribution in [0.25, 0.3) is 0 Å². The van der Waals surface area contributed by atoms with E-state index in [1.807, 2.05) is 0 Å². The lowest BCUT2D eigenvalue weighted by Crippen LogP contribution is -2.05. The van der Waals surface area contributed by atoms with Crippen LogP contribution >= 0.6 is 0 Å². The molecule has 0 aliphatic heterocycles. The Morgan fingerprint density at radius 3 is 2.50 bits per heavy atom. The average Bonchev–Trinajstić information content (AvgIpc) is 3.11. The predicted molar refractivity (Wildman–Crippen MR) is 72.8 cm³/mol. The van der Waals surface area contributed by atoms with E-state index in [4.69, 9.17) is 4.74 Å². The van der Waals surface area contributed by atoms with Gasteiger partial charge in [-0.15, -0.1) is 0 Å². The second-order valence-electron chi connectivity index (χ2n) is 5.74. The third-order valence-electron chi connectivity index (χ3n) is 3.93. The van der Waals surface area contributed by atoms with Gasteiger partial charge in [0.15, 0.2) is 0 Å². The van der Waals surface area contributed by atoms with Crippen molar-refractivity contribution in [1.29, 1.82) is 5.26 Å². The molecule has 1 aromatic rings. The summed E-state index contributed by atoms with van der Waals surface area (Å²) in [6.07, 6.45) is 2.98. The number of hydrogen-bond donors (Lipinski definition) is 0. The van der Waals surface area contributed by atoms with E-state index < -0.39 is 0 Å². The van der Waals surface area contributed by atoms with E-state index in [0.29, 0.717) is 5.92 Å². The van der Waals surface area contributed by atoms with E-state index in [0.717, 1.165) is 25.0 Å². The first-order valence-electron chi connectivity index (χ1n) is 6.60. The molecule has 2 heteroatoms. The van der Waals surface area contributed by atoms with Gasteiger partial charge in [-0.3, -0.25) is 0 Å². The fourth-order valence-electron chi connectivity index (χ4n) is 2.41. The van der Waals surface area contributed by atoms with Crippen molar-refractivity contribution in [3.05, 3.63) is 28.8 Å². The molecular formula is C16H21NO. The number of aryl methyl sites for hydroxylation is 1. The molecule has 1 saturated carbocycles. The van der Waals surface area contributed by atoms with Crippen molar-refractivity contribution in [3.8, 4) is 11.8 Å². The largest absolute Gasteiger partial charge is 0.496 e. The van der Waals surface area contributed by atoms with Crippen LogP contribution in [0.2, 0.25) is 0 Å². The second-order valence-corrected chi connectivity index (χ2v) is 5.74. The van der Waals surface area contributed by atoms with E-state index in [2.05, 4.69) is 39.0 Å².